The molecule has 106 valence electrons. The molecule has 3 aromatic rings. The zero-order valence-electron chi connectivity index (χ0n) is 11.6. The Balaban J connectivity index is 1.84. The fourth-order valence-corrected chi connectivity index (χ4v) is 2.41. The minimum Gasteiger partial charge on any atom is -0.478 e. The molecule has 0 aliphatic heterocycles. The number of aryl methyl sites for hydroxylation is 1. The summed E-state index contributed by atoms with van der Waals surface area (Å²) >= 11 is 0. The quantitative estimate of drug-likeness (QED) is 0.757. The summed E-state index contributed by atoms with van der Waals surface area (Å²) < 4.78 is 5.47. The van der Waals surface area contributed by atoms with Crippen molar-refractivity contribution in [1.29, 1.82) is 0 Å². The van der Waals surface area contributed by atoms with Crippen LogP contribution in [0.4, 0.5) is 5.69 Å². The molecule has 0 saturated carbocycles. The van der Waals surface area contributed by atoms with Gasteiger partial charge in [0.25, 0.3) is 0 Å². The maximum Gasteiger partial charge on any atom is 0.339 e. The average molecular weight is 281 g/mol. The molecule has 2 aromatic carbocycles. The normalized spacial score (nSPS) is 10.7. The van der Waals surface area contributed by atoms with Gasteiger partial charge in [-0.1, -0.05) is 36.4 Å². The summed E-state index contributed by atoms with van der Waals surface area (Å²) in [5, 5.41) is 14.6. The summed E-state index contributed by atoms with van der Waals surface area (Å²) in [6, 6.07) is 15.7. The summed E-state index contributed by atoms with van der Waals surface area (Å²) in [4.78, 5) is 11.0. The third kappa shape index (κ3) is 2.60. The highest BCUT2D eigenvalue weighted by Crippen LogP contribution is 2.24. The van der Waals surface area contributed by atoms with Crippen molar-refractivity contribution in [3.8, 4) is 0 Å². The molecule has 0 aliphatic carbocycles. The Labute approximate surface area is 122 Å². The molecule has 2 N–H and O–H groups in total. The summed E-state index contributed by atoms with van der Waals surface area (Å²) in [6.07, 6.45) is 0. The van der Waals surface area contributed by atoms with Crippen LogP contribution in [0.25, 0.3) is 10.8 Å². The van der Waals surface area contributed by atoms with Gasteiger partial charge < -0.3 is 14.8 Å². The highest BCUT2D eigenvalue weighted by Gasteiger charge is 2.13. The zero-order chi connectivity index (χ0) is 14.8. The van der Waals surface area contributed by atoms with Gasteiger partial charge in [-0.3, -0.25) is 0 Å². The zero-order valence-corrected chi connectivity index (χ0v) is 11.6. The molecule has 4 heteroatoms. The molecule has 3 rings (SSSR count). The fourth-order valence-electron chi connectivity index (χ4n) is 2.41. The van der Waals surface area contributed by atoms with Crippen molar-refractivity contribution < 1.29 is 14.3 Å². The lowest BCUT2D eigenvalue weighted by Gasteiger charge is -2.08. The number of furan rings is 1. The highest BCUT2D eigenvalue weighted by molar-refractivity contribution is 5.93. The van der Waals surface area contributed by atoms with Crippen LogP contribution in [-0.4, -0.2) is 11.1 Å². The van der Waals surface area contributed by atoms with E-state index in [0.29, 0.717) is 18.1 Å². The molecule has 0 aliphatic rings. The summed E-state index contributed by atoms with van der Waals surface area (Å²) in [7, 11) is 0. The van der Waals surface area contributed by atoms with Crippen molar-refractivity contribution in [2.24, 2.45) is 0 Å². The number of benzene rings is 2. The van der Waals surface area contributed by atoms with Gasteiger partial charge >= 0.3 is 5.97 Å². The first kappa shape index (κ1) is 13.2. The topological polar surface area (TPSA) is 62.5 Å². The average Bonchev–Trinajstić information content (AvgIpc) is 2.86. The molecule has 1 heterocycles. The number of carboxylic acid groups (broad SMARTS) is 1. The van der Waals surface area contributed by atoms with E-state index < -0.39 is 5.97 Å². The third-order valence-corrected chi connectivity index (χ3v) is 3.44. The largest absolute Gasteiger partial charge is 0.478 e. The van der Waals surface area contributed by atoms with Crippen LogP contribution in [0.1, 0.15) is 21.9 Å². The molecule has 0 atom stereocenters. The second kappa shape index (κ2) is 5.32. The lowest BCUT2D eigenvalue weighted by molar-refractivity contribution is 0.0695. The molecule has 0 bridgehead atoms. The molecular formula is C17H15NO3. The molecule has 0 radical (unpaired) electrons. The van der Waals surface area contributed by atoms with Crippen molar-refractivity contribution in [2.75, 3.05) is 5.32 Å². The van der Waals surface area contributed by atoms with Gasteiger partial charge in [0.05, 0.1) is 6.54 Å². The van der Waals surface area contributed by atoms with Crippen LogP contribution in [-0.2, 0) is 6.54 Å². The molecule has 21 heavy (non-hydrogen) atoms. The van der Waals surface area contributed by atoms with E-state index in [-0.39, 0.29) is 5.56 Å². The second-order valence-electron chi connectivity index (χ2n) is 4.87. The van der Waals surface area contributed by atoms with E-state index in [0.717, 1.165) is 16.5 Å². The van der Waals surface area contributed by atoms with Gasteiger partial charge in [-0.15, -0.1) is 0 Å². The van der Waals surface area contributed by atoms with Crippen LogP contribution in [0.2, 0.25) is 0 Å². The lowest BCUT2D eigenvalue weighted by Crippen LogP contribution is -1.99. The number of hydrogen-bond acceptors (Lipinski definition) is 3. The monoisotopic (exact) mass is 281 g/mol. The SMILES string of the molecule is Cc1oc(CNc2cccc3ccccc23)cc1C(=O)O. The maximum absolute atomic E-state index is 11.0. The van der Waals surface area contributed by atoms with Crippen LogP contribution in [0, 0.1) is 6.92 Å². The van der Waals surface area contributed by atoms with Crippen LogP contribution >= 0.6 is 0 Å². The van der Waals surface area contributed by atoms with Gasteiger partial charge in [-0.25, -0.2) is 4.79 Å². The van der Waals surface area contributed by atoms with Gasteiger partial charge in [0, 0.05) is 11.1 Å². The Morgan fingerprint density at radius 3 is 2.71 bits per heavy atom. The number of anilines is 1. The molecule has 0 unspecified atom stereocenters. The predicted molar refractivity (Wildman–Crippen MR) is 81.7 cm³/mol. The maximum atomic E-state index is 11.0. The number of fused-ring (bicyclic) bond motifs is 1. The van der Waals surface area contributed by atoms with Crippen molar-refractivity contribution in [1.82, 2.24) is 0 Å². The van der Waals surface area contributed by atoms with Gasteiger partial charge in [0.15, 0.2) is 0 Å². The van der Waals surface area contributed by atoms with E-state index in [1.54, 1.807) is 13.0 Å². The Bertz CT molecular complexity index is 799. The van der Waals surface area contributed by atoms with E-state index >= 15 is 0 Å². The molecule has 0 spiro atoms. The van der Waals surface area contributed by atoms with Crippen molar-refractivity contribution in [2.45, 2.75) is 13.5 Å². The van der Waals surface area contributed by atoms with Crippen LogP contribution < -0.4 is 5.32 Å². The van der Waals surface area contributed by atoms with E-state index in [9.17, 15) is 4.79 Å². The van der Waals surface area contributed by atoms with Crippen molar-refractivity contribution >= 4 is 22.4 Å². The van der Waals surface area contributed by atoms with Gasteiger partial charge in [0.1, 0.15) is 17.1 Å². The number of hydrogen-bond donors (Lipinski definition) is 2. The second-order valence-corrected chi connectivity index (χ2v) is 4.87. The van der Waals surface area contributed by atoms with Gasteiger partial charge in [0.2, 0.25) is 0 Å². The molecule has 0 fully saturated rings. The van der Waals surface area contributed by atoms with Crippen molar-refractivity contribution in [3.63, 3.8) is 0 Å². The third-order valence-electron chi connectivity index (χ3n) is 3.44. The Morgan fingerprint density at radius 2 is 1.95 bits per heavy atom. The highest BCUT2D eigenvalue weighted by atomic mass is 16.4. The standard InChI is InChI=1S/C17H15NO3/c1-11-15(17(19)20)9-13(21-11)10-18-16-8-4-6-12-5-2-3-7-14(12)16/h2-9,18H,10H2,1H3,(H,19,20). The van der Waals surface area contributed by atoms with E-state index in [4.69, 9.17) is 9.52 Å². The van der Waals surface area contributed by atoms with Gasteiger partial charge in [-0.2, -0.15) is 0 Å². The Morgan fingerprint density at radius 1 is 1.19 bits per heavy atom. The first-order chi connectivity index (χ1) is 10.1. The van der Waals surface area contributed by atoms with Crippen LogP contribution in [0.3, 0.4) is 0 Å². The molecular weight excluding hydrogens is 266 g/mol. The fraction of sp³-hybridized carbons (Fsp3) is 0.118. The molecule has 1 aromatic heterocycles. The number of nitrogens with one attached hydrogen (secondary N) is 1. The van der Waals surface area contributed by atoms with Crippen molar-refractivity contribution in [3.05, 3.63) is 65.6 Å². The first-order valence-electron chi connectivity index (χ1n) is 6.69. The summed E-state index contributed by atoms with van der Waals surface area (Å²) in [5.41, 5.74) is 1.21. The number of rotatable bonds is 4. The van der Waals surface area contributed by atoms with E-state index in [1.807, 2.05) is 30.3 Å². The predicted octanol–water partition coefficient (Wildman–Crippen LogP) is 4.05. The molecule has 0 amide bonds. The van der Waals surface area contributed by atoms with E-state index in [2.05, 4.69) is 17.4 Å². The minimum atomic E-state index is -0.965. The van der Waals surface area contributed by atoms with Crippen LogP contribution in [0.15, 0.2) is 52.9 Å². The summed E-state index contributed by atoms with van der Waals surface area (Å²) in [6.45, 7) is 2.10. The Hall–Kier alpha value is -2.75. The van der Waals surface area contributed by atoms with Crippen LogP contribution in [0.5, 0.6) is 0 Å². The lowest BCUT2D eigenvalue weighted by atomic mass is 10.1. The summed E-state index contributed by atoms with van der Waals surface area (Å²) in [5.74, 6) is 0.0720. The number of carboxylic acids is 1. The first-order valence-corrected chi connectivity index (χ1v) is 6.69. The molecule has 0 saturated heterocycles. The smallest absolute Gasteiger partial charge is 0.339 e. The van der Waals surface area contributed by atoms with Gasteiger partial charge in [-0.05, 0) is 24.4 Å². The number of aromatic carboxylic acids is 1. The number of carbonyl (C=O) groups is 1. The minimum absolute atomic E-state index is 0.213. The molecule has 4 nitrogen and oxygen atoms in total. The Kier molecular flexibility index (Phi) is 3.36. The van der Waals surface area contributed by atoms with E-state index in [1.165, 1.54) is 0 Å².